The molecule has 12 atom stereocenters. The number of ether oxygens (including phenoxy) is 2. The number of aliphatic hydroxyl groups is 1. The lowest BCUT2D eigenvalue weighted by Crippen LogP contribution is -2.47. The fourth-order valence-electron chi connectivity index (χ4n) is 4.56. The molecule has 2 fully saturated rings. The van der Waals surface area contributed by atoms with Crippen LogP contribution in [0.25, 0.3) is 0 Å². The highest BCUT2D eigenvalue weighted by Crippen LogP contribution is 2.52. The van der Waals surface area contributed by atoms with Crippen LogP contribution in [0.5, 0.6) is 0 Å². The average molecular weight is 704 g/mol. The fraction of sp³-hybridized carbons (Fsp3) is 0.538. The van der Waals surface area contributed by atoms with Crippen molar-refractivity contribution < 1.29 is 50.8 Å². The quantitative estimate of drug-likeness (QED) is 0.229. The lowest BCUT2D eigenvalue weighted by molar-refractivity contribution is -0.00438. The van der Waals surface area contributed by atoms with E-state index >= 15 is 0 Å². The number of benzene rings is 2. The van der Waals surface area contributed by atoms with Crippen LogP contribution in [0.3, 0.4) is 0 Å². The van der Waals surface area contributed by atoms with Crippen molar-refractivity contribution in [2.45, 2.75) is 74.7 Å². The van der Waals surface area contributed by atoms with Gasteiger partial charge in [-0.05, 0) is 25.0 Å². The second kappa shape index (κ2) is 18.0. The van der Waals surface area contributed by atoms with Crippen molar-refractivity contribution >= 4 is 61.4 Å². The largest absolute Gasteiger partial charge is 0.475 e. The van der Waals surface area contributed by atoms with E-state index in [1.807, 2.05) is 60.7 Å². The van der Waals surface area contributed by atoms with Crippen molar-refractivity contribution in [2.75, 3.05) is 13.2 Å². The van der Waals surface area contributed by atoms with Gasteiger partial charge < -0.3 is 32.7 Å². The second-order valence-electron chi connectivity index (χ2n) is 10.4. The molecule has 0 amide bonds. The van der Waals surface area contributed by atoms with E-state index < -0.39 is 55.4 Å². The summed E-state index contributed by atoms with van der Waals surface area (Å²) >= 11 is 0. The Bertz CT molecular complexity index is 1130. The number of hydrogen-bond acceptors (Lipinski definition) is 11. The molecule has 0 spiro atoms. The molecule has 4 unspecified atom stereocenters. The molecule has 0 aromatic heterocycles. The summed E-state index contributed by atoms with van der Waals surface area (Å²) in [6, 6.07) is 17.3. The molecule has 18 heteroatoms. The Balaban J connectivity index is 0.000000340. The van der Waals surface area contributed by atoms with Crippen LogP contribution < -0.4 is 0 Å². The number of phosphoric ester groups is 1. The van der Waals surface area contributed by atoms with E-state index in [0.29, 0.717) is 0 Å². The molecule has 2 aromatic carbocycles. The first kappa shape index (κ1) is 38.6. The monoisotopic (exact) mass is 704 g/mol. The fourth-order valence-corrected chi connectivity index (χ4v) is 7.16. The van der Waals surface area contributed by atoms with Crippen molar-refractivity contribution in [3.05, 3.63) is 71.8 Å². The lowest BCUT2D eigenvalue weighted by Gasteiger charge is -2.31. The Morgan fingerprint density at radius 1 is 0.750 bits per heavy atom. The van der Waals surface area contributed by atoms with Gasteiger partial charge in [0.15, 0.2) is 0 Å². The smallest absolute Gasteiger partial charge is 0.394 e. The zero-order valence-electron chi connectivity index (χ0n) is 24.5. The maximum absolute atomic E-state index is 13.4. The Labute approximate surface area is 271 Å². The zero-order valence-corrected chi connectivity index (χ0v) is 30.0. The third-order valence-corrected chi connectivity index (χ3v) is 10.4. The first-order chi connectivity index (χ1) is 21.0. The Morgan fingerprint density at radius 2 is 1.16 bits per heavy atom. The van der Waals surface area contributed by atoms with Crippen molar-refractivity contribution in [3.63, 3.8) is 0 Å². The van der Waals surface area contributed by atoms with Gasteiger partial charge in [-0.2, -0.15) is 0 Å². The summed E-state index contributed by atoms with van der Waals surface area (Å²) < 4.78 is 62.4. The highest BCUT2D eigenvalue weighted by Gasteiger charge is 2.53. The molecule has 11 nitrogen and oxygen atoms in total. The highest BCUT2D eigenvalue weighted by atomic mass is 31.2. The minimum absolute atomic E-state index is 0.0634. The number of rotatable bonds is 14. The summed E-state index contributed by atoms with van der Waals surface area (Å²) in [5, 5.41) is 8.98. The van der Waals surface area contributed by atoms with Gasteiger partial charge in [-0.3, -0.25) is 13.6 Å². The van der Waals surface area contributed by atoms with Gasteiger partial charge in [-0.15, -0.1) is 0 Å². The Morgan fingerprint density at radius 3 is 1.55 bits per heavy atom. The van der Waals surface area contributed by atoms with Gasteiger partial charge in [0.2, 0.25) is 0 Å². The molecule has 4 rings (SSSR count). The summed E-state index contributed by atoms with van der Waals surface area (Å²) in [6.07, 6.45) is -2.07. The molecule has 2 aromatic rings. The molecule has 2 heterocycles. The van der Waals surface area contributed by atoms with E-state index in [-0.39, 0.29) is 26.4 Å². The van der Waals surface area contributed by atoms with Gasteiger partial charge in [-0.1, -0.05) is 60.7 Å². The predicted octanol–water partition coefficient (Wildman–Crippen LogP) is 3.79. The Hall–Kier alpha value is 0.120. The van der Waals surface area contributed by atoms with Gasteiger partial charge in [0.25, 0.3) is 0 Å². The molecule has 2 aliphatic rings. The first-order valence-corrected chi connectivity index (χ1v) is 16.9. The lowest BCUT2D eigenvalue weighted by atomic mass is 9.82. The minimum Gasteiger partial charge on any atom is -0.394 e. The molecule has 4 radical (unpaired) electrons. The number of phosphoric acid groups is 1. The molecular weight excluding hydrogens is 665 g/mol. The van der Waals surface area contributed by atoms with Crippen molar-refractivity contribution in [1.82, 2.24) is 0 Å². The third-order valence-electron chi connectivity index (χ3n) is 7.42. The van der Waals surface area contributed by atoms with E-state index in [4.69, 9.17) is 61.9 Å². The predicted molar refractivity (Wildman–Crippen MR) is 180 cm³/mol. The molecule has 0 bridgehead atoms. The summed E-state index contributed by atoms with van der Waals surface area (Å²) in [7, 11) is 16.4. The van der Waals surface area contributed by atoms with Gasteiger partial charge in [0.05, 0.1) is 26.4 Å². The molecular formula is C26H39B2O11P5. The SMILES string of the molecule is [B][C@@H]1O[C@H](CO)[C@@H](OP)[C@@]1(C)OP.[B][C@@H]1O[C@H](COP(=O)(OCc2ccccc2)OCc2ccccc2)[C@@H](OP)[C@@]1(C)OP. The van der Waals surface area contributed by atoms with Crippen LogP contribution in [0, 0.1) is 0 Å². The molecule has 1 N–H and O–H groups in total. The van der Waals surface area contributed by atoms with Crippen LogP contribution in [0.2, 0.25) is 0 Å². The molecule has 0 saturated carbocycles. The standard InChI is InChI=1S/C20H26BO7P3.C6H13BO4P2/c1-20(28-30)18(27-29)17(26-19(20)21)14-25-31(22,23-12-15-8-4-2-5-9-15)24-13-16-10-6-3-7-11-16;1-6(11-13)4(10-12)3(2-8)9-5(6)7/h2-11,17-19H,12-14,29-30H2,1H3;3-5,8H,2,12-13H2,1H3/t17-,18-,19-,20-;3-,4-,5-,6-/m11/s1. The number of aliphatic hydroxyl groups excluding tert-OH is 1. The van der Waals surface area contributed by atoms with E-state index in [1.54, 1.807) is 13.8 Å². The van der Waals surface area contributed by atoms with Crippen LogP contribution >= 0.6 is 45.7 Å². The molecule has 2 saturated heterocycles. The number of hydrogen-bond donors (Lipinski definition) is 1. The van der Waals surface area contributed by atoms with Crippen LogP contribution in [0.15, 0.2) is 60.7 Å². The zero-order chi connectivity index (χ0) is 32.4. The molecule has 0 aliphatic carbocycles. The minimum atomic E-state index is -3.94. The second-order valence-corrected chi connectivity index (χ2v) is 13.0. The molecule has 2 aliphatic heterocycles. The van der Waals surface area contributed by atoms with E-state index in [9.17, 15) is 4.57 Å². The van der Waals surface area contributed by atoms with Crippen LogP contribution in [-0.4, -0.2) is 81.6 Å². The highest BCUT2D eigenvalue weighted by molar-refractivity contribution is 7.48. The first-order valence-electron chi connectivity index (χ1n) is 13.5. The Kier molecular flexibility index (Phi) is 15.8. The van der Waals surface area contributed by atoms with Crippen LogP contribution in [0.4, 0.5) is 0 Å². The van der Waals surface area contributed by atoms with Gasteiger partial charge in [0.1, 0.15) is 51.3 Å². The summed E-state index contributed by atoms with van der Waals surface area (Å²) in [6.45, 7) is 3.39. The third kappa shape index (κ3) is 9.60. The molecule has 240 valence electrons. The summed E-state index contributed by atoms with van der Waals surface area (Å²) in [5.74, 6) is 0. The van der Waals surface area contributed by atoms with Crippen molar-refractivity contribution in [3.8, 4) is 0 Å². The van der Waals surface area contributed by atoms with Crippen molar-refractivity contribution in [2.24, 2.45) is 0 Å². The van der Waals surface area contributed by atoms with E-state index in [0.717, 1.165) is 11.1 Å². The normalized spacial score (nSPS) is 31.9. The van der Waals surface area contributed by atoms with Gasteiger partial charge >= 0.3 is 7.82 Å². The van der Waals surface area contributed by atoms with Gasteiger partial charge in [-0.25, -0.2) is 4.57 Å². The maximum Gasteiger partial charge on any atom is 0.475 e. The van der Waals surface area contributed by atoms with E-state index in [1.165, 1.54) is 0 Å². The summed E-state index contributed by atoms with van der Waals surface area (Å²) in [4.78, 5) is 0. The van der Waals surface area contributed by atoms with Crippen LogP contribution in [-0.2, 0) is 58.9 Å². The van der Waals surface area contributed by atoms with Crippen molar-refractivity contribution in [1.29, 1.82) is 0 Å². The topological polar surface area (TPSA) is 120 Å². The maximum atomic E-state index is 13.4. The van der Waals surface area contributed by atoms with Crippen LogP contribution in [0.1, 0.15) is 25.0 Å². The van der Waals surface area contributed by atoms with Gasteiger partial charge in [0, 0.05) is 49.9 Å². The average Bonchev–Trinajstić information content (AvgIpc) is 3.46. The summed E-state index contributed by atoms with van der Waals surface area (Å²) in [5.41, 5.74) is -0.00658. The molecule has 44 heavy (non-hydrogen) atoms. The van der Waals surface area contributed by atoms with E-state index in [2.05, 4.69) is 37.9 Å².